The highest BCUT2D eigenvalue weighted by Crippen LogP contribution is 2.35. The third kappa shape index (κ3) is 4.49. The van der Waals surface area contributed by atoms with Crippen LogP contribution in [0.5, 0.6) is 0 Å². The summed E-state index contributed by atoms with van der Waals surface area (Å²) >= 11 is 0. The van der Waals surface area contributed by atoms with Gasteiger partial charge in [-0.2, -0.15) is 0 Å². The molecule has 0 aliphatic rings. The van der Waals surface area contributed by atoms with E-state index in [9.17, 15) is 4.79 Å². The zero-order valence-electron chi connectivity index (χ0n) is 19.7. The number of rotatable bonds is 6. The quantitative estimate of drug-likeness (QED) is 0.268. The van der Waals surface area contributed by atoms with Crippen LogP contribution in [0.4, 0.5) is 17.2 Å². The van der Waals surface area contributed by atoms with Crippen molar-refractivity contribution in [3.05, 3.63) is 109 Å². The Kier molecular flexibility index (Phi) is 5.76. The number of aromatic nitrogens is 3. The summed E-state index contributed by atoms with van der Waals surface area (Å²) in [5.41, 5.74) is 11.3. The predicted octanol–water partition coefficient (Wildman–Crippen LogP) is 5.89. The number of furan rings is 1. The van der Waals surface area contributed by atoms with Gasteiger partial charge < -0.3 is 20.8 Å². The van der Waals surface area contributed by atoms with Gasteiger partial charge in [-0.15, -0.1) is 0 Å². The maximum Gasteiger partial charge on any atom is 0.274 e. The molecule has 180 valence electrons. The van der Waals surface area contributed by atoms with Gasteiger partial charge in [0.15, 0.2) is 0 Å². The highest BCUT2D eigenvalue weighted by molar-refractivity contribution is 6.09. The predicted molar refractivity (Wildman–Crippen MR) is 145 cm³/mol. The molecule has 0 spiro atoms. The fourth-order valence-corrected chi connectivity index (χ4v) is 4.22. The van der Waals surface area contributed by atoms with Crippen molar-refractivity contribution in [1.82, 2.24) is 15.0 Å². The van der Waals surface area contributed by atoms with Crippen molar-refractivity contribution >= 4 is 45.0 Å². The van der Waals surface area contributed by atoms with E-state index in [0.29, 0.717) is 22.9 Å². The summed E-state index contributed by atoms with van der Waals surface area (Å²) in [5, 5.41) is 8.26. The van der Waals surface area contributed by atoms with Gasteiger partial charge in [0.1, 0.15) is 29.0 Å². The number of nitrogens with zero attached hydrogens (tertiary/aromatic N) is 3. The summed E-state index contributed by atoms with van der Waals surface area (Å²) in [7, 11) is 0. The molecule has 4 N–H and O–H groups in total. The molecular formula is C29H22N6O2. The Morgan fingerprint density at radius 3 is 2.49 bits per heavy atom. The molecule has 1 amide bonds. The monoisotopic (exact) mass is 486 g/mol. The lowest BCUT2D eigenvalue weighted by molar-refractivity contribution is 0.102. The third-order valence-corrected chi connectivity index (χ3v) is 6.01. The van der Waals surface area contributed by atoms with Crippen LogP contribution in [0.1, 0.15) is 16.2 Å². The van der Waals surface area contributed by atoms with Crippen molar-refractivity contribution in [3.63, 3.8) is 0 Å². The van der Waals surface area contributed by atoms with Crippen molar-refractivity contribution in [1.29, 1.82) is 0 Å². The Hall–Kier alpha value is -5.08. The molecule has 0 atom stereocenters. The minimum absolute atomic E-state index is 0.277. The molecule has 3 aromatic heterocycles. The second-order valence-electron chi connectivity index (χ2n) is 8.44. The van der Waals surface area contributed by atoms with E-state index in [1.165, 1.54) is 6.33 Å². The van der Waals surface area contributed by atoms with Gasteiger partial charge in [0.25, 0.3) is 5.91 Å². The number of para-hydroxylation sites is 2. The van der Waals surface area contributed by atoms with Crippen molar-refractivity contribution in [3.8, 4) is 11.3 Å². The first kappa shape index (κ1) is 22.4. The highest BCUT2D eigenvalue weighted by Gasteiger charge is 2.13. The van der Waals surface area contributed by atoms with E-state index in [2.05, 4.69) is 37.7 Å². The lowest BCUT2D eigenvalue weighted by Gasteiger charge is -2.09. The van der Waals surface area contributed by atoms with E-state index >= 15 is 0 Å². The summed E-state index contributed by atoms with van der Waals surface area (Å²) in [6.45, 7) is 0.277. The molecule has 3 heterocycles. The van der Waals surface area contributed by atoms with Crippen molar-refractivity contribution < 1.29 is 9.21 Å². The van der Waals surface area contributed by atoms with Crippen LogP contribution in [0.3, 0.4) is 0 Å². The number of pyridine rings is 1. The summed E-state index contributed by atoms with van der Waals surface area (Å²) in [6, 6.07) is 28.5. The van der Waals surface area contributed by atoms with Crippen LogP contribution < -0.4 is 16.4 Å². The minimum Gasteiger partial charge on any atom is -0.455 e. The Bertz CT molecular complexity index is 1740. The average molecular weight is 487 g/mol. The van der Waals surface area contributed by atoms with Crippen LogP contribution in [-0.4, -0.2) is 20.9 Å². The molecule has 6 aromatic rings. The van der Waals surface area contributed by atoms with E-state index in [0.717, 1.165) is 38.9 Å². The van der Waals surface area contributed by atoms with Crippen molar-refractivity contribution in [2.75, 3.05) is 10.6 Å². The summed E-state index contributed by atoms with van der Waals surface area (Å²) in [4.78, 5) is 25.6. The van der Waals surface area contributed by atoms with Crippen LogP contribution in [0, 0.1) is 0 Å². The molecule has 6 rings (SSSR count). The van der Waals surface area contributed by atoms with Crippen LogP contribution in [0.15, 0.2) is 102 Å². The third-order valence-electron chi connectivity index (χ3n) is 6.01. The standard InChI is InChI=1S/C29H22N6O2/c30-16-20-5-3-9-24(33-20)29(36)35-19-13-11-18(12-14-19)34-27-15-25(31-17-32-27)23-8-4-7-22-21-6-1-2-10-26(21)37-28(22)23/h1-15,17H,16,30H2,(H,35,36)(H,31,32,34). The van der Waals surface area contributed by atoms with Gasteiger partial charge in [-0.1, -0.05) is 36.4 Å². The van der Waals surface area contributed by atoms with Crippen LogP contribution in [-0.2, 0) is 6.54 Å². The molecule has 0 aliphatic carbocycles. The number of hydrogen-bond acceptors (Lipinski definition) is 7. The first-order chi connectivity index (χ1) is 18.2. The van der Waals surface area contributed by atoms with Gasteiger partial charge in [0, 0.05) is 40.3 Å². The normalized spacial score (nSPS) is 11.1. The Balaban J connectivity index is 1.21. The molecule has 3 aromatic carbocycles. The second-order valence-corrected chi connectivity index (χ2v) is 8.44. The number of amides is 1. The largest absolute Gasteiger partial charge is 0.455 e. The molecule has 0 saturated carbocycles. The SMILES string of the molecule is NCc1cccc(C(=O)Nc2ccc(Nc3cc(-c4cccc5c4oc4ccccc45)ncn3)cc2)n1. The first-order valence-electron chi connectivity index (χ1n) is 11.7. The van der Waals surface area contributed by atoms with Gasteiger partial charge in [0.05, 0.1) is 11.4 Å². The molecule has 0 unspecified atom stereocenters. The molecule has 0 aliphatic heterocycles. The lowest BCUT2D eigenvalue weighted by Crippen LogP contribution is -2.15. The number of nitrogens with two attached hydrogens (primary N) is 1. The fourth-order valence-electron chi connectivity index (χ4n) is 4.22. The Labute approximate surface area is 212 Å². The fraction of sp³-hybridized carbons (Fsp3) is 0.0345. The van der Waals surface area contributed by atoms with Gasteiger partial charge >= 0.3 is 0 Å². The second kappa shape index (κ2) is 9.52. The Morgan fingerprint density at radius 1 is 0.838 bits per heavy atom. The number of nitrogens with one attached hydrogen (secondary N) is 2. The van der Waals surface area contributed by atoms with Crippen LogP contribution in [0.25, 0.3) is 33.2 Å². The summed E-state index contributed by atoms with van der Waals surface area (Å²) in [6.07, 6.45) is 1.52. The Morgan fingerprint density at radius 2 is 1.62 bits per heavy atom. The van der Waals surface area contributed by atoms with Gasteiger partial charge in [0.2, 0.25) is 0 Å². The van der Waals surface area contributed by atoms with Crippen molar-refractivity contribution in [2.45, 2.75) is 6.54 Å². The summed E-state index contributed by atoms with van der Waals surface area (Å²) < 4.78 is 6.16. The average Bonchev–Trinajstić information content (AvgIpc) is 3.33. The van der Waals surface area contributed by atoms with Crippen molar-refractivity contribution in [2.24, 2.45) is 5.73 Å². The van der Waals surface area contributed by atoms with E-state index < -0.39 is 0 Å². The minimum atomic E-state index is -0.295. The number of hydrogen-bond donors (Lipinski definition) is 3. The highest BCUT2D eigenvalue weighted by atomic mass is 16.3. The molecule has 0 saturated heterocycles. The topological polar surface area (TPSA) is 119 Å². The molecule has 0 radical (unpaired) electrons. The maximum atomic E-state index is 12.5. The maximum absolute atomic E-state index is 12.5. The van der Waals surface area contributed by atoms with Crippen LogP contribution in [0.2, 0.25) is 0 Å². The zero-order valence-corrected chi connectivity index (χ0v) is 19.7. The number of carbonyl (C=O) groups is 1. The molecule has 8 nitrogen and oxygen atoms in total. The number of benzene rings is 3. The molecule has 8 heteroatoms. The smallest absolute Gasteiger partial charge is 0.274 e. The summed E-state index contributed by atoms with van der Waals surface area (Å²) in [5.74, 6) is 0.342. The van der Waals surface area contributed by atoms with E-state index in [4.69, 9.17) is 10.2 Å². The molecule has 0 fully saturated rings. The van der Waals surface area contributed by atoms with Gasteiger partial charge in [-0.25, -0.2) is 15.0 Å². The molecular weight excluding hydrogens is 464 g/mol. The molecule has 0 bridgehead atoms. The van der Waals surface area contributed by atoms with Crippen LogP contribution >= 0.6 is 0 Å². The first-order valence-corrected chi connectivity index (χ1v) is 11.7. The van der Waals surface area contributed by atoms with Gasteiger partial charge in [-0.3, -0.25) is 4.79 Å². The van der Waals surface area contributed by atoms with E-state index in [1.54, 1.807) is 18.2 Å². The number of carbonyl (C=O) groups excluding carboxylic acids is 1. The molecule has 37 heavy (non-hydrogen) atoms. The lowest BCUT2D eigenvalue weighted by atomic mass is 10.1. The van der Waals surface area contributed by atoms with E-state index in [1.807, 2.05) is 60.7 Å². The van der Waals surface area contributed by atoms with Gasteiger partial charge in [-0.05, 0) is 48.5 Å². The zero-order chi connectivity index (χ0) is 25.2. The number of anilines is 3. The number of fused-ring (bicyclic) bond motifs is 3. The van der Waals surface area contributed by atoms with E-state index in [-0.39, 0.29) is 12.5 Å².